The highest BCUT2D eigenvalue weighted by Crippen LogP contribution is 2.51. The summed E-state index contributed by atoms with van der Waals surface area (Å²) in [6.07, 6.45) is 0. The van der Waals surface area contributed by atoms with Crippen LogP contribution in [0.3, 0.4) is 0 Å². The van der Waals surface area contributed by atoms with Gasteiger partial charge in [0.15, 0.2) is 0 Å². The van der Waals surface area contributed by atoms with Crippen molar-refractivity contribution in [1.29, 1.82) is 0 Å². The van der Waals surface area contributed by atoms with Gasteiger partial charge >= 0.3 is 0 Å². The van der Waals surface area contributed by atoms with Crippen LogP contribution in [0.5, 0.6) is 0 Å². The van der Waals surface area contributed by atoms with Crippen molar-refractivity contribution >= 4 is 63.3 Å². The molecule has 0 saturated carbocycles. The number of benzene rings is 1. The van der Waals surface area contributed by atoms with Crippen LogP contribution in [-0.2, 0) is 4.79 Å². The highest BCUT2D eigenvalue weighted by Gasteiger charge is 2.38. The molecule has 1 aromatic carbocycles. The topological polar surface area (TPSA) is 23.6 Å². The molecule has 21 heavy (non-hydrogen) atoms. The second-order valence-corrected chi connectivity index (χ2v) is 7.62. The summed E-state index contributed by atoms with van der Waals surface area (Å²) in [6.45, 7) is 5.40. The van der Waals surface area contributed by atoms with Crippen LogP contribution < -0.4 is 4.90 Å². The first kappa shape index (κ1) is 15.2. The number of thioether (sulfide) groups is 2. The SMILES string of the molecule is CCN1C(=O)C(=C2Sc3ccc(Cl)cc3N2CC)SC1=S. The number of hydrogen-bond acceptors (Lipinski definition) is 5. The summed E-state index contributed by atoms with van der Waals surface area (Å²) in [6, 6.07) is 5.82. The lowest BCUT2D eigenvalue weighted by Crippen LogP contribution is -2.28. The average Bonchev–Trinajstić information content (AvgIpc) is 2.95. The maximum absolute atomic E-state index is 12.5. The van der Waals surface area contributed by atoms with Crippen LogP contribution in [0.4, 0.5) is 5.69 Å². The molecule has 1 aromatic rings. The number of likely N-dealkylation sites (N-methyl/N-ethyl adjacent to an activating group) is 1. The first-order chi connectivity index (χ1) is 10.1. The number of rotatable bonds is 2. The molecule has 0 bridgehead atoms. The number of anilines is 1. The van der Waals surface area contributed by atoms with Gasteiger partial charge in [-0.15, -0.1) is 0 Å². The number of carbonyl (C=O) groups is 1. The second kappa shape index (κ2) is 5.83. The third-order valence-electron chi connectivity index (χ3n) is 3.34. The van der Waals surface area contributed by atoms with Gasteiger partial charge < -0.3 is 4.90 Å². The summed E-state index contributed by atoms with van der Waals surface area (Å²) < 4.78 is 0.635. The Bertz CT molecular complexity index is 674. The molecule has 3 rings (SSSR count). The Labute approximate surface area is 142 Å². The zero-order valence-corrected chi connectivity index (χ0v) is 14.8. The third kappa shape index (κ3) is 2.48. The average molecular weight is 357 g/mol. The smallest absolute Gasteiger partial charge is 0.268 e. The summed E-state index contributed by atoms with van der Waals surface area (Å²) in [5.41, 5.74) is 1.06. The van der Waals surface area contributed by atoms with Crippen LogP contribution in [0.2, 0.25) is 5.02 Å². The molecule has 0 spiro atoms. The highest BCUT2D eigenvalue weighted by molar-refractivity contribution is 8.27. The van der Waals surface area contributed by atoms with E-state index >= 15 is 0 Å². The summed E-state index contributed by atoms with van der Waals surface area (Å²) in [5.74, 6) is 0.00681. The minimum Gasteiger partial charge on any atom is -0.334 e. The van der Waals surface area contributed by atoms with E-state index in [4.69, 9.17) is 23.8 Å². The fourth-order valence-electron chi connectivity index (χ4n) is 2.34. The van der Waals surface area contributed by atoms with E-state index in [2.05, 4.69) is 11.8 Å². The minimum atomic E-state index is 0.00681. The molecule has 1 fully saturated rings. The van der Waals surface area contributed by atoms with Gasteiger partial charge in [-0.2, -0.15) is 0 Å². The monoisotopic (exact) mass is 356 g/mol. The first-order valence-electron chi connectivity index (χ1n) is 6.59. The lowest BCUT2D eigenvalue weighted by atomic mass is 10.3. The number of amides is 1. The molecule has 0 aliphatic carbocycles. The summed E-state index contributed by atoms with van der Waals surface area (Å²) >= 11 is 14.4. The van der Waals surface area contributed by atoms with Gasteiger partial charge in [-0.3, -0.25) is 9.69 Å². The largest absolute Gasteiger partial charge is 0.334 e. The Morgan fingerprint density at radius 2 is 1.90 bits per heavy atom. The van der Waals surface area contributed by atoms with Crippen LogP contribution >= 0.6 is 47.3 Å². The molecule has 0 atom stereocenters. The first-order valence-corrected chi connectivity index (χ1v) is 9.01. The van der Waals surface area contributed by atoms with Crippen LogP contribution in [0.15, 0.2) is 33.0 Å². The van der Waals surface area contributed by atoms with E-state index < -0.39 is 0 Å². The Kier molecular flexibility index (Phi) is 4.23. The van der Waals surface area contributed by atoms with Crippen molar-refractivity contribution in [2.24, 2.45) is 0 Å². The number of halogens is 1. The van der Waals surface area contributed by atoms with Crippen LogP contribution in [-0.4, -0.2) is 28.2 Å². The maximum Gasteiger partial charge on any atom is 0.268 e. The highest BCUT2D eigenvalue weighted by atomic mass is 35.5. The Hall–Kier alpha value is -0.690. The number of thiocarbonyl (C=S) groups is 1. The molecule has 0 unspecified atom stereocenters. The van der Waals surface area contributed by atoms with Crippen molar-refractivity contribution < 1.29 is 4.79 Å². The van der Waals surface area contributed by atoms with Crippen molar-refractivity contribution in [1.82, 2.24) is 4.90 Å². The molecule has 2 aliphatic heterocycles. The molecule has 0 radical (unpaired) electrons. The standard InChI is InChI=1S/C14H13ClN2OS3/c1-3-16-9-7-8(15)5-6-10(9)20-13(16)11-12(18)17(4-2)14(19)21-11/h5-7H,3-4H2,1-2H3. The van der Waals surface area contributed by atoms with Crippen molar-refractivity contribution in [2.75, 3.05) is 18.0 Å². The van der Waals surface area contributed by atoms with Gasteiger partial charge in [-0.05, 0) is 32.0 Å². The predicted octanol–water partition coefficient (Wildman–Crippen LogP) is 4.32. The summed E-state index contributed by atoms with van der Waals surface area (Å²) in [7, 11) is 0. The molecular formula is C14H13ClN2OS3. The van der Waals surface area contributed by atoms with Gasteiger partial charge in [0.05, 0.1) is 5.69 Å². The van der Waals surface area contributed by atoms with Crippen molar-refractivity contribution in [3.05, 3.63) is 33.2 Å². The minimum absolute atomic E-state index is 0.00681. The van der Waals surface area contributed by atoms with Crippen LogP contribution in [0.1, 0.15) is 13.8 Å². The van der Waals surface area contributed by atoms with Crippen molar-refractivity contribution in [3.8, 4) is 0 Å². The van der Waals surface area contributed by atoms with Crippen molar-refractivity contribution in [3.63, 3.8) is 0 Å². The molecule has 2 heterocycles. The third-order valence-corrected chi connectivity index (χ3v) is 6.32. The number of hydrogen-bond donors (Lipinski definition) is 0. The molecule has 1 amide bonds. The Balaban J connectivity index is 2.07. The van der Waals surface area contributed by atoms with Gasteiger partial charge in [-0.1, -0.05) is 47.3 Å². The van der Waals surface area contributed by atoms with Gasteiger partial charge in [0, 0.05) is 23.0 Å². The molecular weight excluding hydrogens is 344 g/mol. The van der Waals surface area contributed by atoms with Crippen molar-refractivity contribution in [2.45, 2.75) is 18.7 Å². The maximum atomic E-state index is 12.5. The van der Waals surface area contributed by atoms with E-state index in [-0.39, 0.29) is 5.91 Å². The normalized spacial score (nSPS) is 21.5. The van der Waals surface area contributed by atoms with Gasteiger partial charge in [0.25, 0.3) is 5.91 Å². The molecule has 3 nitrogen and oxygen atoms in total. The van der Waals surface area contributed by atoms with Gasteiger partial charge in [0.1, 0.15) is 14.3 Å². The van der Waals surface area contributed by atoms with Gasteiger partial charge in [0.2, 0.25) is 0 Å². The number of fused-ring (bicyclic) bond motifs is 1. The number of carbonyl (C=O) groups excluding carboxylic acids is 1. The lowest BCUT2D eigenvalue weighted by Gasteiger charge is -2.19. The van der Waals surface area contributed by atoms with E-state index in [1.165, 1.54) is 11.8 Å². The van der Waals surface area contributed by atoms with E-state index in [9.17, 15) is 4.79 Å². The molecule has 7 heteroatoms. The quantitative estimate of drug-likeness (QED) is 0.580. The second-order valence-electron chi connectivity index (χ2n) is 4.51. The zero-order valence-electron chi connectivity index (χ0n) is 11.6. The fraction of sp³-hybridized carbons (Fsp3) is 0.286. The van der Waals surface area contributed by atoms with E-state index in [0.717, 1.165) is 27.1 Å². The molecule has 110 valence electrons. The fourth-order valence-corrected chi connectivity index (χ4v) is 5.24. The molecule has 1 saturated heterocycles. The van der Waals surface area contributed by atoms with Gasteiger partial charge in [-0.25, -0.2) is 0 Å². The zero-order chi connectivity index (χ0) is 15.1. The van der Waals surface area contributed by atoms with E-state index in [0.29, 0.717) is 15.9 Å². The number of nitrogens with zero attached hydrogens (tertiary/aromatic N) is 2. The molecule has 0 aromatic heterocycles. The molecule has 0 N–H and O–H groups in total. The van der Waals surface area contributed by atoms with E-state index in [1.54, 1.807) is 16.7 Å². The van der Waals surface area contributed by atoms with E-state index in [1.807, 2.05) is 25.1 Å². The van der Waals surface area contributed by atoms with Crippen LogP contribution in [0.25, 0.3) is 0 Å². The summed E-state index contributed by atoms with van der Waals surface area (Å²) in [5, 5.41) is 1.67. The molecule has 2 aliphatic rings. The summed E-state index contributed by atoms with van der Waals surface area (Å²) in [4.78, 5) is 18.1. The predicted molar refractivity (Wildman–Crippen MR) is 94.9 cm³/mol. The Morgan fingerprint density at radius 3 is 2.52 bits per heavy atom. The Morgan fingerprint density at radius 1 is 1.19 bits per heavy atom. The lowest BCUT2D eigenvalue weighted by molar-refractivity contribution is -0.122. The van der Waals surface area contributed by atoms with Crippen LogP contribution in [0, 0.1) is 0 Å².